The maximum absolute atomic E-state index is 13.5. The van der Waals surface area contributed by atoms with Crippen molar-refractivity contribution in [1.29, 1.82) is 0 Å². The van der Waals surface area contributed by atoms with Gasteiger partial charge in [0.2, 0.25) is 5.91 Å². The molecule has 180 valence electrons. The second kappa shape index (κ2) is 8.55. The maximum atomic E-state index is 13.5. The summed E-state index contributed by atoms with van der Waals surface area (Å²) in [5, 5.41) is 22.0. The second-order valence-corrected chi connectivity index (χ2v) is 9.62. The van der Waals surface area contributed by atoms with E-state index in [1.54, 1.807) is 18.0 Å². The Kier molecular flexibility index (Phi) is 5.68. The summed E-state index contributed by atoms with van der Waals surface area (Å²) in [6, 6.07) is 1.93. The lowest BCUT2D eigenvalue weighted by Gasteiger charge is -2.38. The Hall–Kier alpha value is -3.18. The monoisotopic (exact) mass is 467 g/mol. The Morgan fingerprint density at radius 3 is 2.65 bits per heavy atom. The van der Waals surface area contributed by atoms with Gasteiger partial charge in [-0.2, -0.15) is 4.68 Å². The number of cyclic esters (lactones) is 1. The molecule has 1 amide bonds. The first kappa shape index (κ1) is 22.6. The molecule has 2 saturated heterocycles. The SMILES string of the molecule is CC1=C(N2C(=O)C3(CCN(C[C@H](O)c4ncc(-n5cnnn5)cc4C)CC3)CC2C)COC1=O. The van der Waals surface area contributed by atoms with Crippen LogP contribution in [0.3, 0.4) is 0 Å². The van der Waals surface area contributed by atoms with Crippen molar-refractivity contribution in [2.45, 2.75) is 52.2 Å². The topological polar surface area (TPSA) is 127 Å². The third kappa shape index (κ3) is 3.78. The molecule has 1 N–H and O–H groups in total. The van der Waals surface area contributed by atoms with Crippen LogP contribution in [-0.4, -0.2) is 84.3 Å². The molecule has 0 aliphatic carbocycles. The van der Waals surface area contributed by atoms with Gasteiger partial charge in [-0.15, -0.1) is 5.10 Å². The Morgan fingerprint density at radius 1 is 1.26 bits per heavy atom. The summed E-state index contributed by atoms with van der Waals surface area (Å²) in [4.78, 5) is 33.8. The number of carbonyl (C=O) groups is 2. The first-order chi connectivity index (χ1) is 16.3. The molecule has 3 aliphatic rings. The highest BCUT2D eigenvalue weighted by molar-refractivity contribution is 5.94. The van der Waals surface area contributed by atoms with E-state index >= 15 is 0 Å². The van der Waals surface area contributed by atoms with Gasteiger partial charge in [0.15, 0.2) is 0 Å². The van der Waals surface area contributed by atoms with Crippen LogP contribution in [0, 0.1) is 12.3 Å². The van der Waals surface area contributed by atoms with Crippen LogP contribution in [0.15, 0.2) is 29.9 Å². The lowest BCUT2D eigenvalue weighted by molar-refractivity contribution is -0.139. The zero-order chi connectivity index (χ0) is 24.0. The molecule has 0 radical (unpaired) electrons. The molecule has 2 fully saturated rings. The average molecular weight is 468 g/mol. The molecule has 0 saturated carbocycles. The van der Waals surface area contributed by atoms with Crippen molar-refractivity contribution >= 4 is 11.9 Å². The fourth-order valence-electron chi connectivity index (χ4n) is 5.54. The van der Waals surface area contributed by atoms with E-state index in [-0.39, 0.29) is 24.5 Å². The minimum Gasteiger partial charge on any atom is -0.456 e. The largest absolute Gasteiger partial charge is 0.456 e. The molecule has 2 aromatic heterocycles. The van der Waals surface area contributed by atoms with Crippen molar-refractivity contribution in [3.05, 3.63) is 41.1 Å². The number of aliphatic hydroxyl groups excluding tert-OH is 1. The van der Waals surface area contributed by atoms with Gasteiger partial charge in [-0.1, -0.05) is 0 Å². The summed E-state index contributed by atoms with van der Waals surface area (Å²) in [7, 11) is 0. The molecule has 11 heteroatoms. The Labute approximate surface area is 197 Å². The molecule has 5 rings (SSSR count). The van der Waals surface area contributed by atoms with Crippen LogP contribution >= 0.6 is 0 Å². The minimum atomic E-state index is -0.735. The molecular formula is C23H29N7O4. The third-order valence-electron chi connectivity index (χ3n) is 7.45. The Balaban J connectivity index is 1.23. The van der Waals surface area contributed by atoms with Crippen LogP contribution in [0.1, 0.15) is 50.5 Å². The van der Waals surface area contributed by atoms with Crippen molar-refractivity contribution < 1.29 is 19.4 Å². The summed E-state index contributed by atoms with van der Waals surface area (Å²) < 4.78 is 6.67. The molecule has 2 aromatic rings. The Morgan fingerprint density at radius 2 is 2.03 bits per heavy atom. The predicted molar refractivity (Wildman–Crippen MR) is 119 cm³/mol. The number of ether oxygens (including phenoxy) is 1. The summed E-state index contributed by atoms with van der Waals surface area (Å²) in [5.74, 6) is -0.238. The van der Waals surface area contributed by atoms with Crippen LogP contribution in [-0.2, 0) is 14.3 Å². The predicted octanol–water partition coefficient (Wildman–Crippen LogP) is 0.933. The summed E-state index contributed by atoms with van der Waals surface area (Å²) in [6.07, 6.45) is 4.64. The van der Waals surface area contributed by atoms with Gasteiger partial charge in [0.1, 0.15) is 19.0 Å². The van der Waals surface area contributed by atoms with Gasteiger partial charge in [-0.3, -0.25) is 9.78 Å². The van der Waals surface area contributed by atoms with E-state index in [2.05, 4.69) is 25.4 Å². The van der Waals surface area contributed by atoms with Gasteiger partial charge in [0, 0.05) is 12.6 Å². The number of pyridine rings is 1. The van der Waals surface area contributed by atoms with Crippen molar-refractivity contribution in [2.24, 2.45) is 5.41 Å². The highest BCUT2D eigenvalue weighted by Crippen LogP contribution is 2.46. The van der Waals surface area contributed by atoms with Gasteiger partial charge < -0.3 is 19.6 Å². The number of nitrogens with zero attached hydrogens (tertiary/aromatic N) is 7. The van der Waals surface area contributed by atoms with Crippen LogP contribution in [0.25, 0.3) is 5.69 Å². The van der Waals surface area contributed by atoms with E-state index in [4.69, 9.17) is 4.74 Å². The zero-order valence-corrected chi connectivity index (χ0v) is 19.6. The Bertz CT molecular complexity index is 1140. The average Bonchev–Trinajstić information content (AvgIpc) is 3.51. The van der Waals surface area contributed by atoms with E-state index in [0.29, 0.717) is 23.5 Å². The molecule has 34 heavy (non-hydrogen) atoms. The first-order valence-corrected chi connectivity index (χ1v) is 11.6. The fraction of sp³-hybridized carbons (Fsp3) is 0.565. The third-order valence-corrected chi connectivity index (χ3v) is 7.45. The molecule has 1 spiro atoms. The van der Waals surface area contributed by atoms with E-state index in [1.807, 2.05) is 19.9 Å². The van der Waals surface area contributed by atoms with Crippen molar-refractivity contribution in [1.82, 2.24) is 35.0 Å². The molecule has 0 aromatic carbocycles. The number of rotatable bonds is 5. The maximum Gasteiger partial charge on any atom is 0.336 e. The smallest absolute Gasteiger partial charge is 0.336 e. The van der Waals surface area contributed by atoms with Crippen molar-refractivity contribution in [2.75, 3.05) is 26.2 Å². The number of hydrogen-bond acceptors (Lipinski definition) is 9. The van der Waals surface area contributed by atoms with E-state index in [9.17, 15) is 14.7 Å². The number of carbonyl (C=O) groups excluding carboxylic acids is 2. The molecule has 0 bridgehead atoms. The van der Waals surface area contributed by atoms with E-state index in [0.717, 1.165) is 43.6 Å². The van der Waals surface area contributed by atoms with Crippen molar-refractivity contribution in [3.8, 4) is 5.69 Å². The lowest BCUT2D eigenvalue weighted by atomic mass is 9.76. The van der Waals surface area contributed by atoms with Gasteiger partial charge in [-0.05, 0) is 75.2 Å². The molecule has 2 atom stereocenters. The van der Waals surface area contributed by atoms with Gasteiger partial charge in [0.05, 0.1) is 34.3 Å². The van der Waals surface area contributed by atoms with Crippen LogP contribution < -0.4 is 0 Å². The number of aryl methyl sites for hydroxylation is 1. The van der Waals surface area contributed by atoms with Gasteiger partial charge in [0.25, 0.3) is 0 Å². The number of amides is 1. The summed E-state index contributed by atoms with van der Waals surface area (Å²) in [6.45, 7) is 7.75. The normalized spacial score (nSPS) is 23.8. The zero-order valence-electron chi connectivity index (χ0n) is 19.6. The van der Waals surface area contributed by atoms with Crippen LogP contribution in [0.4, 0.5) is 0 Å². The lowest BCUT2D eigenvalue weighted by Crippen LogP contribution is -2.45. The van der Waals surface area contributed by atoms with Crippen molar-refractivity contribution in [3.63, 3.8) is 0 Å². The molecule has 5 heterocycles. The minimum absolute atomic E-state index is 0.0367. The quantitative estimate of drug-likeness (QED) is 0.639. The highest BCUT2D eigenvalue weighted by atomic mass is 16.5. The van der Waals surface area contributed by atoms with Gasteiger partial charge in [-0.25, -0.2) is 4.79 Å². The van der Waals surface area contributed by atoms with Gasteiger partial charge >= 0.3 is 5.97 Å². The molecular weight excluding hydrogens is 438 g/mol. The van der Waals surface area contributed by atoms with E-state index < -0.39 is 11.5 Å². The number of esters is 1. The number of aromatic nitrogens is 5. The summed E-state index contributed by atoms with van der Waals surface area (Å²) >= 11 is 0. The number of β-amino-alcohol motifs (C(OH)–C–C–N with tert-alkyl or cyclic N) is 1. The summed E-state index contributed by atoms with van der Waals surface area (Å²) in [5.41, 5.74) is 3.05. The number of aliphatic hydroxyl groups is 1. The van der Waals surface area contributed by atoms with E-state index in [1.165, 1.54) is 11.0 Å². The highest BCUT2D eigenvalue weighted by Gasteiger charge is 2.53. The number of piperidine rings is 1. The molecule has 3 aliphatic heterocycles. The fourth-order valence-corrected chi connectivity index (χ4v) is 5.54. The molecule has 1 unspecified atom stereocenters. The number of likely N-dealkylation sites (tertiary alicyclic amines) is 2. The number of hydrogen-bond donors (Lipinski definition) is 1. The first-order valence-electron chi connectivity index (χ1n) is 11.6. The second-order valence-electron chi connectivity index (χ2n) is 9.62. The van der Waals surface area contributed by atoms with Crippen LogP contribution in [0.2, 0.25) is 0 Å². The van der Waals surface area contributed by atoms with Crippen LogP contribution in [0.5, 0.6) is 0 Å². The number of tetrazole rings is 1. The standard InChI is InChI=1S/C23H29N7O4/c1-14-8-17(29-13-25-26-27-29)10-24-20(14)19(31)11-28-6-4-23(5-7-28)9-15(2)30(22(23)33)18-12-34-21(32)16(18)3/h8,10,13,15,19,31H,4-7,9,11-12H2,1-3H3/t15?,19-/m0/s1. The molecule has 11 nitrogen and oxygen atoms in total.